The lowest BCUT2D eigenvalue weighted by Gasteiger charge is -2.29. The maximum atomic E-state index is 12.8. The molecular formula is C19H20N2O2S. The normalized spacial score (nSPS) is 16.0. The van der Waals surface area contributed by atoms with Crippen molar-refractivity contribution in [1.82, 2.24) is 9.88 Å². The summed E-state index contributed by atoms with van der Waals surface area (Å²) >= 11 is 1.48. The molecule has 0 radical (unpaired) electrons. The highest BCUT2D eigenvalue weighted by molar-refractivity contribution is 7.20. The van der Waals surface area contributed by atoms with E-state index < -0.39 is 0 Å². The van der Waals surface area contributed by atoms with Gasteiger partial charge in [0, 0.05) is 29.9 Å². The van der Waals surface area contributed by atoms with Gasteiger partial charge in [-0.3, -0.25) is 4.79 Å². The van der Waals surface area contributed by atoms with Gasteiger partial charge in [0.2, 0.25) is 0 Å². The Labute approximate surface area is 145 Å². The van der Waals surface area contributed by atoms with Crippen molar-refractivity contribution in [3.63, 3.8) is 0 Å². The van der Waals surface area contributed by atoms with Gasteiger partial charge in [-0.2, -0.15) is 0 Å². The lowest BCUT2D eigenvalue weighted by Crippen LogP contribution is -2.37. The van der Waals surface area contributed by atoms with Crippen molar-refractivity contribution in [2.45, 2.75) is 19.8 Å². The van der Waals surface area contributed by atoms with Crippen LogP contribution in [0.1, 0.15) is 29.4 Å². The van der Waals surface area contributed by atoms with Crippen LogP contribution < -0.4 is 4.74 Å². The molecule has 3 heterocycles. The Balaban J connectivity index is 1.69. The summed E-state index contributed by atoms with van der Waals surface area (Å²) in [5.41, 5.74) is 0.898. The molecule has 4 rings (SSSR count). The molecule has 0 saturated carbocycles. The first-order valence-corrected chi connectivity index (χ1v) is 9.13. The van der Waals surface area contributed by atoms with Gasteiger partial charge in [0.15, 0.2) is 0 Å². The van der Waals surface area contributed by atoms with E-state index in [0.29, 0.717) is 0 Å². The van der Waals surface area contributed by atoms with Crippen LogP contribution in [0.3, 0.4) is 0 Å². The van der Waals surface area contributed by atoms with Crippen molar-refractivity contribution in [2.75, 3.05) is 20.2 Å². The molecule has 124 valence electrons. The van der Waals surface area contributed by atoms with Crippen LogP contribution in [0.5, 0.6) is 5.75 Å². The van der Waals surface area contributed by atoms with Crippen LogP contribution in [0.25, 0.3) is 21.1 Å². The number of carbonyl (C=O) groups excluding carboxylic acids is 1. The van der Waals surface area contributed by atoms with Gasteiger partial charge in [0.1, 0.15) is 10.6 Å². The number of amides is 1. The first kappa shape index (κ1) is 15.4. The maximum Gasteiger partial charge on any atom is 0.264 e. The van der Waals surface area contributed by atoms with Crippen LogP contribution >= 0.6 is 11.3 Å². The average Bonchev–Trinajstić information content (AvgIpc) is 3.02. The number of piperidine rings is 1. The van der Waals surface area contributed by atoms with Crippen molar-refractivity contribution >= 4 is 38.4 Å². The SMILES string of the molecule is COc1ccc2cc3cc(C(=O)N4CCC(C)CC4)sc3nc2c1. The van der Waals surface area contributed by atoms with Gasteiger partial charge in [0.25, 0.3) is 5.91 Å². The molecule has 1 amide bonds. The van der Waals surface area contributed by atoms with E-state index in [9.17, 15) is 4.79 Å². The number of hydrogen-bond acceptors (Lipinski definition) is 4. The van der Waals surface area contributed by atoms with Gasteiger partial charge in [-0.15, -0.1) is 11.3 Å². The fourth-order valence-corrected chi connectivity index (χ4v) is 4.20. The number of methoxy groups -OCH3 is 1. The zero-order valence-corrected chi connectivity index (χ0v) is 14.7. The number of thiophene rings is 1. The summed E-state index contributed by atoms with van der Waals surface area (Å²) in [5.74, 6) is 1.66. The summed E-state index contributed by atoms with van der Waals surface area (Å²) in [7, 11) is 1.65. The molecule has 2 aromatic heterocycles. The Morgan fingerprint density at radius 2 is 2.00 bits per heavy atom. The number of nitrogens with zero attached hydrogens (tertiary/aromatic N) is 2. The van der Waals surface area contributed by atoms with Gasteiger partial charge in [0.05, 0.1) is 17.5 Å². The fraction of sp³-hybridized carbons (Fsp3) is 0.368. The fourth-order valence-electron chi connectivity index (χ4n) is 3.21. The highest BCUT2D eigenvalue weighted by Gasteiger charge is 2.23. The molecule has 24 heavy (non-hydrogen) atoms. The Morgan fingerprint density at radius 3 is 2.75 bits per heavy atom. The number of aromatic nitrogens is 1. The zero-order valence-electron chi connectivity index (χ0n) is 13.9. The molecule has 0 atom stereocenters. The molecule has 1 fully saturated rings. The van der Waals surface area contributed by atoms with Gasteiger partial charge in [-0.1, -0.05) is 6.92 Å². The minimum Gasteiger partial charge on any atom is -0.497 e. The van der Waals surface area contributed by atoms with Gasteiger partial charge >= 0.3 is 0 Å². The molecule has 4 nitrogen and oxygen atoms in total. The van der Waals surface area contributed by atoms with E-state index in [1.807, 2.05) is 29.2 Å². The second-order valence-corrected chi connectivity index (χ2v) is 7.56. The van der Waals surface area contributed by atoms with Crippen LogP contribution in [0, 0.1) is 5.92 Å². The quantitative estimate of drug-likeness (QED) is 0.697. The van der Waals surface area contributed by atoms with E-state index in [4.69, 9.17) is 9.72 Å². The topological polar surface area (TPSA) is 42.4 Å². The van der Waals surface area contributed by atoms with E-state index in [1.165, 1.54) is 11.3 Å². The second kappa shape index (κ2) is 6.06. The molecule has 1 saturated heterocycles. The number of benzene rings is 1. The number of fused-ring (bicyclic) bond motifs is 2. The lowest BCUT2D eigenvalue weighted by atomic mass is 9.99. The number of likely N-dealkylation sites (tertiary alicyclic amines) is 1. The molecule has 3 aromatic rings. The third kappa shape index (κ3) is 2.73. The first-order valence-electron chi connectivity index (χ1n) is 8.31. The Hall–Kier alpha value is -2.14. The van der Waals surface area contributed by atoms with Crippen LogP contribution in [0.2, 0.25) is 0 Å². The summed E-state index contributed by atoms with van der Waals surface area (Å²) in [5, 5.41) is 2.10. The summed E-state index contributed by atoms with van der Waals surface area (Å²) in [6, 6.07) is 9.96. The predicted molar refractivity (Wildman–Crippen MR) is 98.0 cm³/mol. The van der Waals surface area contributed by atoms with Gasteiger partial charge < -0.3 is 9.64 Å². The second-order valence-electron chi connectivity index (χ2n) is 6.53. The molecule has 0 aliphatic carbocycles. The molecule has 0 unspecified atom stereocenters. The van der Waals surface area contributed by atoms with Crippen molar-refractivity contribution in [3.05, 3.63) is 35.2 Å². The third-order valence-electron chi connectivity index (χ3n) is 4.79. The Morgan fingerprint density at radius 1 is 1.21 bits per heavy atom. The van der Waals surface area contributed by atoms with E-state index in [1.54, 1.807) is 7.11 Å². The molecule has 1 aliphatic rings. The largest absolute Gasteiger partial charge is 0.497 e. The number of rotatable bonds is 2. The van der Waals surface area contributed by atoms with Crippen molar-refractivity contribution in [2.24, 2.45) is 5.92 Å². The number of hydrogen-bond donors (Lipinski definition) is 0. The summed E-state index contributed by atoms with van der Waals surface area (Å²) in [6.45, 7) is 3.98. The monoisotopic (exact) mass is 340 g/mol. The lowest BCUT2D eigenvalue weighted by molar-refractivity contribution is 0.0702. The number of carbonyl (C=O) groups is 1. The van der Waals surface area contributed by atoms with Crippen LogP contribution in [-0.2, 0) is 0 Å². The van der Waals surface area contributed by atoms with Gasteiger partial charge in [-0.25, -0.2) is 4.98 Å². The van der Waals surface area contributed by atoms with Crippen molar-refractivity contribution < 1.29 is 9.53 Å². The van der Waals surface area contributed by atoms with E-state index in [0.717, 1.165) is 63.6 Å². The molecular weight excluding hydrogens is 320 g/mol. The summed E-state index contributed by atoms with van der Waals surface area (Å²) in [4.78, 5) is 21.1. The molecule has 0 spiro atoms. The Kier molecular flexibility index (Phi) is 3.88. The summed E-state index contributed by atoms with van der Waals surface area (Å²) < 4.78 is 5.27. The standard InChI is InChI=1S/C19H20N2O2S/c1-12-5-7-21(8-6-12)19(22)17-10-14-9-13-3-4-15(23-2)11-16(13)20-18(14)24-17/h3-4,9-12H,5-8H2,1-2H3. The predicted octanol–water partition coefficient (Wildman–Crippen LogP) is 4.33. The third-order valence-corrected chi connectivity index (χ3v) is 5.83. The van der Waals surface area contributed by atoms with Crippen LogP contribution in [-0.4, -0.2) is 36.0 Å². The Bertz CT molecular complexity index is 910. The molecule has 1 aromatic carbocycles. The maximum absolute atomic E-state index is 12.8. The number of pyridine rings is 1. The molecule has 5 heteroatoms. The number of ether oxygens (including phenoxy) is 1. The van der Waals surface area contributed by atoms with E-state index in [2.05, 4.69) is 13.0 Å². The van der Waals surface area contributed by atoms with Crippen molar-refractivity contribution in [3.8, 4) is 5.75 Å². The van der Waals surface area contributed by atoms with E-state index >= 15 is 0 Å². The molecule has 0 bridgehead atoms. The highest BCUT2D eigenvalue weighted by Crippen LogP contribution is 2.30. The first-order chi connectivity index (χ1) is 11.6. The van der Waals surface area contributed by atoms with Crippen molar-refractivity contribution in [1.29, 1.82) is 0 Å². The molecule has 0 N–H and O–H groups in total. The van der Waals surface area contributed by atoms with Gasteiger partial charge in [-0.05, 0) is 43.0 Å². The molecule has 1 aliphatic heterocycles. The average molecular weight is 340 g/mol. The minimum absolute atomic E-state index is 0.145. The summed E-state index contributed by atoms with van der Waals surface area (Å²) in [6.07, 6.45) is 2.19. The zero-order chi connectivity index (χ0) is 16.7. The highest BCUT2D eigenvalue weighted by atomic mass is 32.1. The van der Waals surface area contributed by atoms with Crippen LogP contribution in [0.4, 0.5) is 0 Å². The smallest absolute Gasteiger partial charge is 0.264 e. The minimum atomic E-state index is 0.145. The van der Waals surface area contributed by atoms with E-state index in [-0.39, 0.29) is 5.91 Å². The van der Waals surface area contributed by atoms with Crippen LogP contribution in [0.15, 0.2) is 30.3 Å².